The predicted molar refractivity (Wildman–Crippen MR) is 59.5 cm³/mol. The summed E-state index contributed by atoms with van der Waals surface area (Å²) in [4.78, 5) is 2.67. The number of benzene rings is 1. The number of hydrogen-bond acceptors (Lipinski definition) is 2. The fraction of sp³-hybridized carbons (Fsp3) is 0.143. The zero-order valence-electron chi connectivity index (χ0n) is 6.66. The molecule has 1 aromatic rings. The molecule has 0 aromatic heterocycles. The molecule has 0 heterocycles. The first-order valence-electron chi connectivity index (χ1n) is 3.27. The third-order valence-electron chi connectivity index (χ3n) is 1.38. The van der Waals surface area contributed by atoms with E-state index in [1.54, 1.807) is 12.1 Å². The highest BCUT2D eigenvalue weighted by molar-refractivity contribution is 14.1. The SMILES string of the molecule is COc1c(I)ccc(Cl)c1N=[N+]=[N-]. The molecule has 0 bridgehead atoms. The van der Waals surface area contributed by atoms with E-state index in [1.807, 2.05) is 0 Å². The molecular formula is C7H5ClIN3O. The van der Waals surface area contributed by atoms with Crippen molar-refractivity contribution in [2.45, 2.75) is 0 Å². The predicted octanol–water partition coefficient (Wildman–Crippen LogP) is 3.90. The molecular weight excluding hydrogens is 304 g/mol. The van der Waals surface area contributed by atoms with Crippen LogP contribution < -0.4 is 4.74 Å². The first-order valence-corrected chi connectivity index (χ1v) is 4.73. The molecule has 68 valence electrons. The van der Waals surface area contributed by atoms with E-state index in [0.29, 0.717) is 16.5 Å². The molecule has 4 nitrogen and oxygen atoms in total. The van der Waals surface area contributed by atoms with Crippen LogP contribution in [-0.4, -0.2) is 7.11 Å². The second-order valence-electron chi connectivity index (χ2n) is 2.10. The molecule has 1 rings (SSSR count). The van der Waals surface area contributed by atoms with Crippen LogP contribution >= 0.6 is 34.2 Å². The van der Waals surface area contributed by atoms with Gasteiger partial charge in [0.2, 0.25) is 0 Å². The minimum Gasteiger partial charge on any atom is -0.495 e. The zero-order valence-corrected chi connectivity index (χ0v) is 9.57. The van der Waals surface area contributed by atoms with Gasteiger partial charge in [0, 0.05) is 4.91 Å². The Morgan fingerprint density at radius 3 is 2.85 bits per heavy atom. The van der Waals surface area contributed by atoms with E-state index in [9.17, 15) is 0 Å². The van der Waals surface area contributed by atoms with E-state index in [4.69, 9.17) is 21.9 Å². The Balaban J connectivity index is 3.42. The number of azide groups is 1. The third-order valence-corrected chi connectivity index (χ3v) is 2.54. The van der Waals surface area contributed by atoms with E-state index in [0.717, 1.165) is 3.57 Å². The smallest absolute Gasteiger partial charge is 0.143 e. The average molecular weight is 309 g/mol. The lowest BCUT2D eigenvalue weighted by molar-refractivity contribution is 0.413. The standard InChI is InChI=1S/C7H5ClIN3O/c1-13-7-5(9)3-2-4(8)6(7)11-12-10/h2-3H,1H3. The summed E-state index contributed by atoms with van der Waals surface area (Å²) in [6, 6.07) is 3.45. The first-order chi connectivity index (χ1) is 6.20. The minimum atomic E-state index is 0.332. The normalized spacial score (nSPS) is 9.15. The number of hydrogen-bond donors (Lipinski definition) is 0. The molecule has 6 heteroatoms. The van der Waals surface area contributed by atoms with Crippen LogP contribution in [-0.2, 0) is 0 Å². The van der Waals surface area contributed by atoms with Gasteiger partial charge in [-0.05, 0) is 40.3 Å². The second-order valence-corrected chi connectivity index (χ2v) is 3.67. The fourth-order valence-corrected chi connectivity index (χ4v) is 1.70. The molecule has 0 N–H and O–H groups in total. The Morgan fingerprint density at radius 2 is 2.31 bits per heavy atom. The lowest BCUT2D eigenvalue weighted by Gasteiger charge is -2.07. The van der Waals surface area contributed by atoms with E-state index < -0.39 is 0 Å². The lowest BCUT2D eigenvalue weighted by atomic mass is 10.3. The molecule has 0 saturated heterocycles. The summed E-state index contributed by atoms with van der Waals surface area (Å²) in [6.45, 7) is 0. The topological polar surface area (TPSA) is 58.0 Å². The summed E-state index contributed by atoms with van der Waals surface area (Å²) in [5.41, 5.74) is 8.63. The van der Waals surface area contributed by atoms with Crippen molar-refractivity contribution in [2.75, 3.05) is 7.11 Å². The largest absolute Gasteiger partial charge is 0.495 e. The van der Waals surface area contributed by atoms with Crippen molar-refractivity contribution in [3.63, 3.8) is 0 Å². The van der Waals surface area contributed by atoms with Gasteiger partial charge >= 0.3 is 0 Å². The van der Waals surface area contributed by atoms with Crippen LogP contribution in [0.2, 0.25) is 5.02 Å². The van der Waals surface area contributed by atoms with Crippen LogP contribution in [0, 0.1) is 3.57 Å². The van der Waals surface area contributed by atoms with Crippen LogP contribution in [0.25, 0.3) is 10.4 Å². The van der Waals surface area contributed by atoms with Crippen molar-refractivity contribution in [1.29, 1.82) is 0 Å². The highest BCUT2D eigenvalue weighted by Crippen LogP contribution is 2.38. The molecule has 0 fully saturated rings. The highest BCUT2D eigenvalue weighted by atomic mass is 127. The third kappa shape index (κ3) is 2.18. The summed E-state index contributed by atoms with van der Waals surface area (Å²) in [7, 11) is 1.50. The highest BCUT2D eigenvalue weighted by Gasteiger charge is 2.09. The average Bonchev–Trinajstić information content (AvgIpc) is 2.12. The monoisotopic (exact) mass is 309 g/mol. The van der Waals surface area contributed by atoms with Gasteiger partial charge in [0.05, 0.1) is 21.4 Å². The van der Waals surface area contributed by atoms with Crippen LogP contribution in [0.15, 0.2) is 17.2 Å². The van der Waals surface area contributed by atoms with Crippen molar-refractivity contribution < 1.29 is 4.74 Å². The fourth-order valence-electron chi connectivity index (χ4n) is 0.855. The van der Waals surface area contributed by atoms with Gasteiger partial charge in [-0.25, -0.2) is 0 Å². The summed E-state index contributed by atoms with van der Waals surface area (Å²) in [6.07, 6.45) is 0. The van der Waals surface area contributed by atoms with Crippen molar-refractivity contribution >= 4 is 39.9 Å². The maximum absolute atomic E-state index is 8.30. The molecule has 0 aliphatic carbocycles. The van der Waals surface area contributed by atoms with E-state index in [-0.39, 0.29) is 0 Å². The molecule has 0 saturated carbocycles. The van der Waals surface area contributed by atoms with Crippen molar-refractivity contribution in [3.05, 3.63) is 31.2 Å². The molecule has 0 atom stereocenters. The molecule has 0 radical (unpaired) electrons. The number of methoxy groups -OCH3 is 1. The van der Waals surface area contributed by atoms with Gasteiger partial charge in [-0.3, -0.25) is 0 Å². The Bertz CT molecular complexity index is 376. The van der Waals surface area contributed by atoms with Crippen LogP contribution in [0.4, 0.5) is 5.69 Å². The molecule has 0 aliphatic heterocycles. The summed E-state index contributed by atoms with van der Waals surface area (Å²) in [5.74, 6) is 0.505. The van der Waals surface area contributed by atoms with Crippen molar-refractivity contribution in [2.24, 2.45) is 5.11 Å². The van der Waals surface area contributed by atoms with Gasteiger partial charge in [-0.1, -0.05) is 16.7 Å². The van der Waals surface area contributed by atoms with Crippen LogP contribution in [0.5, 0.6) is 5.75 Å². The van der Waals surface area contributed by atoms with Crippen LogP contribution in [0.3, 0.4) is 0 Å². The number of nitrogens with zero attached hydrogens (tertiary/aromatic N) is 3. The van der Waals surface area contributed by atoms with Crippen LogP contribution in [0.1, 0.15) is 0 Å². The van der Waals surface area contributed by atoms with E-state index in [1.165, 1.54) is 7.11 Å². The van der Waals surface area contributed by atoms with Gasteiger partial charge in [0.15, 0.2) is 0 Å². The molecule has 0 amide bonds. The van der Waals surface area contributed by atoms with Gasteiger partial charge in [-0.15, -0.1) is 0 Å². The Hall–Kier alpha value is -0.650. The van der Waals surface area contributed by atoms with E-state index in [2.05, 4.69) is 32.6 Å². The molecule has 13 heavy (non-hydrogen) atoms. The summed E-state index contributed by atoms with van der Waals surface area (Å²) in [5, 5.41) is 3.84. The maximum Gasteiger partial charge on any atom is 0.143 e. The first kappa shape index (κ1) is 10.4. The Morgan fingerprint density at radius 1 is 1.62 bits per heavy atom. The summed E-state index contributed by atoms with van der Waals surface area (Å²) >= 11 is 7.89. The second kappa shape index (κ2) is 4.55. The zero-order chi connectivity index (χ0) is 9.84. The lowest BCUT2D eigenvalue weighted by Crippen LogP contribution is -1.87. The van der Waals surface area contributed by atoms with Crippen molar-refractivity contribution in [1.82, 2.24) is 0 Å². The van der Waals surface area contributed by atoms with E-state index >= 15 is 0 Å². The molecule has 1 aromatic carbocycles. The summed E-state index contributed by atoms with van der Waals surface area (Å²) < 4.78 is 5.91. The van der Waals surface area contributed by atoms with Crippen molar-refractivity contribution in [3.8, 4) is 5.75 Å². The number of rotatable bonds is 2. The number of ether oxygens (including phenoxy) is 1. The quantitative estimate of drug-likeness (QED) is 0.354. The molecule has 0 spiro atoms. The van der Waals surface area contributed by atoms with Gasteiger partial charge < -0.3 is 4.74 Å². The maximum atomic E-state index is 8.30. The molecule has 0 aliphatic rings. The van der Waals surface area contributed by atoms with Gasteiger partial charge in [0.1, 0.15) is 5.75 Å². The molecule has 0 unspecified atom stereocenters. The Labute approximate surface area is 93.6 Å². The number of halogens is 2. The Kier molecular flexibility index (Phi) is 3.65. The van der Waals surface area contributed by atoms with Gasteiger partial charge in [0.25, 0.3) is 0 Å². The van der Waals surface area contributed by atoms with Gasteiger partial charge in [-0.2, -0.15) is 0 Å². The minimum absolute atomic E-state index is 0.332.